The number of carbonyl (C=O) groups is 2. The number of nitrogens with zero attached hydrogens (tertiary/aromatic N) is 1. The normalized spacial score (nSPS) is 12.1. The summed E-state index contributed by atoms with van der Waals surface area (Å²) in [5.41, 5.74) is 1.94. The van der Waals surface area contributed by atoms with Gasteiger partial charge in [-0.25, -0.2) is 4.98 Å². The Balaban J connectivity index is 1.68. The van der Waals surface area contributed by atoms with Gasteiger partial charge in [0.05, 0.1) is 28.6 Å². The summed E-state index contributed by atoms with van der Waals surface area (Å²) < 4.78 is 4.84. The summed E-state index contributed by atoms with van der Waals surface area (Å²) in [4.78, 5) is 30.9. The average Bonchev–Trinajstić information content (AvgIpc) is 3.01. The fourth-order valence-electron chi connectivity index (χ4n) is 2.19. The number of aromatic amines is 1. The van der Waals surface area contributed by atoms with Crippen LogP contribution in [0.25, 0.3) is 11.0 Å². The van der Waals surface area contributed by atoms with E-state index in [9.17, 15) is 9.59 Å². The van der Waals surface area contributed by atoms with Crippen LogP contribution in [-0.2, 0) is 14.3 Å². The molecule has 2 N–H and O–H groups in total. The molecule has 0 radical (unpaired) electrons. The number of para-hydroxylation sites is 2. The van der Waals surface area contributed by atoms with Crippen LogP contribution in [0.2, 0.25) is 0 Å². The SMILES string of the molecule is CCOC(=O)CCCNC(=O)CSC(C)c1nc2ccccc2[nH]1. The summed E-state index contributed by atoms with van der Waals surface area (Å²) in [7, 11) is 0. The van der Waals surface area contributed by atoms with Crippen molar-refractivity contribution in [3.63, 3.8) is 0 Å². The van der Waals surface area contributed by atoms with E-state index in [1.165, 1.54) is 11.8 Å². The standard InChI is InChI=1S/C17H23N3O3S/c1-3-23-16(22)9-6-10-18-15(21)11-24-12(2)17-19-13-7-4-5-8-14(13)20-17/h4-5,7-8,12H,3,6,9-11H2,1-2H3,(H,18,21)(H,19,20). The number of aromatic nitrogens is 2. The summed E-state index contributed by atoms with van der Waals surface area (Å²) in [6.45, 7) is 4.68. The Morgan fingerprint density at radius 1 is 1.38 bits per heavy atom. The largest absolute Gasteiger partial charge is 0.466 e. The van der Waals surface area contributed by atoms with Crippen molar-refractivity contribution in [1.29, 1.82) is 0 Å². The van der Waals surface area contributed by atoms with Gasteiger partial charge >= 0.3 is 5.97 Å². The van der Waals surface area contributed by atoms with E-state index in [2.05, 4.69) is 15.3 Å². The van der Waals surface area contributed by atoms with Crippen molar-refractivity contribution in [2.45, 2.75) is 31.9 Å². The summed E-state index contributed by atoms with van der Waals surface area (Å²) in [5, 5.41) is 2.92. The Kier molecular flexibility index (Phi) is 7.11. The van der Waals surface area contributed by atoms with Crippen LogP contribution in [-0.4, -0.2) is 40.7 Å². The fourth-order valence-corrected chi connectivity index (χ4v) is 2.96. The molecular weight excluding hydrogens is 326 g/mol. The Bertz CT molecular complexity index is 654. The van der Waals surface area contributed by atoms with Gasteiger partial charge in [-0.1, -0.05) is 12.1 Å². The maximum atomic E-state index is 11.8. The second-order valence-corrected chi connectivity index (χ2v) is 6.68. The molecule has 1 aromatic heterocycles. The van der Waals surface area contributed by atoms with Crippen LogP contribution in [0.3, 0.4) is 0 Å². The van der Waals surface area contributed by atoms with Gasteiger partial charge in [0, 0.05) is 13.0 Å². The first-order valence-electron chi connectivity index (χ1n) is 8.08. The minimum absolute atomic E-state index is 0.0354. The van der Waals surface area contributed by atoms with Crippen molar-refractivity contribution in [1.82, 2.24) is 15.3 Å². The molecule has 0 saturated heterocycles. The molecule has 130 valence electrons. The van der Waals surface area contributed by atoms with E-state index in [0.717, 1.165) is 16.9 Å². The summed E-state index contributed by atoms with van der Waals surface area (Å²) in [6.07, 6.45) is 0.922. The quantitative estimate of drug-likeness (QED) is 0.537. The maximum absolute atomic E-state index is 11.8. The molecule has 2 rings (SSSR count). The number of H-pyrrole nitrogens is 1. The monoisotopic (exact) mass is 349 g/mol. The lowest BCUT2D eigenvalue weighted by molar-refractivity contribution is -0.143. The van der Waals surface area contributed by atoms with Crippen LogP contribution in [0, 0.1) is 0 Å². The molecule has 0 spiro atoms. The summed E-state index contributed by atoms with van der Waals surface area (Å²) in [6, 6.07) is 7.86. The van der Waals surface area contributed by atoms with Gasteiger partial charge in [0.1, 0.15) is 5.82 Å². The number of hydrogen-bond donors (Lipinski definition) is 2. The minimum Gasteiger partial charge on any atom is -0.466 e. The lowest BCUT2D eigenvalue weighted by Gasteiger charge is -2.09. The lowest BCUT2D eigenvalue weighted by atomic mass is 10.3. The Labute approximate surface area is 145 Å². The number of benzene rings is 1. The molecule has 6 nitrogen and oxygen atoms in total. The molecule has 0 fully saturated rings. The molecule has 0 aliphatic carbocycles. The number of esters is 1. The van der Waals surface area contributed by atoms with E-state index in [4.69, 9.17) is 4.74 Å². The molecule has 1 atom stereocenters. The van der Waals surface area contributed by atoms with Gasteiger partial charge in [0.15, 0.2) is 0 Å². The van der Waals surface area contributed by atoms with Crippen LogP contribution in [0.5, 0.6) is 0 Å². The number of imidazole rings is 1. The third kappa shape index (κ3) is 5.56. The molecule has 1 amide bonds. The molecule has 24 heavy (non-hydrogen) atoms. The first-order chi connectivity index (χ1) is 11.6. The van der Waals surface area contributed by atoms with Gasteiger partial charge in [-0.2, -0.15) is 0 Å². The van der Waals surface area contributed by atoms with Crippen LogP contribution in [0.4, 0.5) is 0 Å². The Morgan fingerprint density at radius 3 is 2.92 bits per heavy atom. The van der Waals surface area contributed by atoms with Crippen molar-refractivity contribution >= 4 is 34.7 Å². The van der Waals surface area contributed by atoms with Gasteiger partial charge < -0.3 is 15.0 Å². The highest BCUT2D eigenvalue weighted by atomic mass is 32.2. The zero-order chi connectivity index (χ0) is 17.4. The van der Waals surface area contributed by atoms with Gasteiger partial charge in [-0.05, 0) is 32.4 Å². The van der Waals surface area contributed by atoms with E-state index >= 15 is 0 Å². The van der Waals surface area contributed by atoms with Gasteiger partial charge in [-0.3, -0.25) is 9.59 Å². The van der Waals surface area contributed by atoms with E-state index in [1.807, 2.05) is 31.2 Å². The third-order valence-electron chi connectivity index (χ3n) is 3.44. The number of hydrogen-bond acceptors (Lipinski definition) is 5. The highest BCUT2D eigenvalue weighted by Gasteiger charge is 2.13. The van der Waals surface area contributed by atoms with Crippen molar-refractivity contribution in [2.75, 3.05) is 18.9 Å². The second kappa shape index (κ2) is 9.32. The number of amides is 1. The number of carbonyl (C=O) groups excluding carboxylic acids is 2. The highest BCUT2D eigenvalue weighted by Crippen LogP contribution is 2.27. The Morgan fingerprint density at radius 2 is 2.17 bits per heavy atom. The zero-order valence-electron chi connectivity index (χ0n) is 14.0. The van der Waals surface area contributed by atoms with Gasteiger partial charge in [0.2, 0.25) is 5.91 Å². The van der Waals surface area contributed by atoms with E-state index < -0.39 is 0 Å². The van der Waals surface area contributed by atoms with Crippen LogP contribution in [0.1, 0.15) is 37.8 Å². The summed E-state index contributed by atoms with van der Waals surface area (Å²) in [5.74, 6) is 0.972. The molecule has 1 aromatic carbocycles. The number of fused-ring (bicyclic) bond motifs is 1. The molecule has 1 unspecified atom stereocenters. The van der Waals surface area contributed by atoms with Crippen molar-refractivity contribution in [3.05, 3.63) is 30.1 Å². The highest BCUT2D eigenvalue weighted by molar-refractivity contribution is 8.00. The molecule has 1 heterocycles. The van der Waals surface area contributed by atoms with Crippen LogP contribution >= 0.6 is 11.8 Å². The number of rotatable bonds is 9. The lowest BCUT2D eigenvalue weighted by Crippen LogP contribution is -2.27. The maximum Gasteiger partial charge on any atom is 0.305 e. The van der Waals surface area contributed by atoms with Crippen molar-refractivity contribution in [2.24, 2.45) is 0 Å². The number of nitrogens with one attached hydrogen (secondary N) is 2. The predicted molar refractivity (Wildman–Crippen MR) is 95.8 cm³/mol. The first kappa shape index (κ1) is 18.3. The number of ether oxygens (including phenoxy) is 1. The Hall–Kier alpha value is -2.02. The first-order valence-corrected chi connectivity index (χ1v) is 9.13. The van der Waals surface area contributed by atoms with Gasteiger partial charge in [-0.15, -0.1) is 11.8 Å². The van der Waals surface area contributed by atoms with Gasteiger partial charge in [0.25, 0.3) is 0 Å². The molecule has 7 heteroatoms. The smallest absolute Gasteiger partial charge is 0.305 e. The average molecular weight is 349 g/mol. The second-order valence-electron chi connectivity index (χ2n) is 5.35. The van der Waals surface area contributed by atoms with Crippen molar-refractivity contribution < 1.29 is 14.3 Å². The van der Waals surface area contributed by atoms with E-state index in [0.29, 0.717) is 31.7 Å². The molecular formula is C17H23N3O3S. The fraction of sp³-hybridized carbons (Fsp3) is 0.471. The number of thioether (sulfide) groups is 1. The minimum atomic E-state index is -0.223. The topological polar surface area (TPSA) is 84.1 Å². The zero-order valence-corrected chi connectivity index (χ0v) is 14.8. The predicted octanol–water partition coefficient (Wildman–Crippen LogP) is 2.82. The molecule has 0 aliphatic heterocycles. The molecule has 0 saturated carbocycles. The third-order valence-corrected chi connectivity index (χ3v) is 4.59. The molecule has 2 aromatic rings. The van der Waals surface area contributed by atoms with E-state index in [-0.39, 0.29) is 17.1 Å². The van der Waals surface area contributed by atoms with Crippen LogP contribution in [0.15, 0.2) is 24.3 Å². The van der Waals surface area contributed by atoms with E-state index in [1.54, 1.807) is 6.92 Å². The van der Waals surface area contributed by atoms with Crippen LogP contribution < -0.4 is 5.32 Å². The summed E-state index contributed by atoms with van der Waals surface area (Å²) >= 11 is 1.53. The van der Waals surface area contributed by atoms with Crippen molar-refractivity contribution in [3.8, 4) is 0 Å². The molecule has 0 bridgehead atoms. The molecule has 0 aliphatic rings.